The molecule has 0 saturated carbocycles. The minimum Gasteiger partial charge on any atom is -0.448 e. The van der Waals surface area contributed by atoms with Crippen LogP contribution in [0.2, 0.25) is 0 Å². The Morgan fingerprint density at radius 3 is 2.57 bits per heavy atom. The second-order valence-electron chi connectivity index (χ2n) is 5.29. The minimum absolute atomic E-state index is 0.115. The zero-order valence-electron chi connectivity index (χ0n) is 9.26. The molecule has 0 fully saturated rings. The van der Waals surface area contributed by atoms with Crippen molar-refractivity contribution in [3.63, 3.8) is 0 Å². The van der Waals surface area contributed by atoms with Crippen molar-refractivity contribution in [1.29, 1.82) is 0 Å². The normalized spacial score (nSPS) is 24.0. The van der Waals surface area contributed by atoms with Gasteiger partial charge < -0.3 is 4.42 Å². The Kier molecular flexibility index (Phi) is 2.18. The summed E-state index contributed by atoms with van der Waals surface area (Å²) < 4.78 is 5.56. The molecular weight excluding hydrogens is 194 g/mol. The van der Waals surface area contributed by atoms with Gasteiger partial charge in [-0.15, -0.1) is 0 Å². The van der Waals surface area contributed by atoms with Crippen molar-refractivity contribution >= 4 is 11.8 Å². The van der Waals surface area contributed by atoms with E-state index in [4.69, 9.17) is 4.42 Å². The summed E-state index contributed by atoms with van der Waals surface area (Å²) in [7, 11) is 0. The fraction of sp³-hybridized carbons (Fsp3) is 0.727. The molecule has 1 aromatic heterocycles. The summed E-state index contributed by atoms with van der Waals surface area (Å²) in [6.07, 6.45) is 1.59. The largest absolute Gasteiger partial charge is 0.448 e. The van der Waals surface area contributed by atoms with Gasteiger partial charge in [-0.25, -0.2) is 4.98 Å². The van der Waals surface area contributed by atoms with E-state index >= 15 is 0 Å². The molecule has 78 valence electrons. The molecule has 0 bridgehead atoms. The van der Waals surface area contributed by atoms with Crippen LogP contribution in [0.5, 0.6) is 0 Å². The van der Waals surface area contributed by atoms with Crippen molar-refractivity contribution in [3.8, 4) is 0 Å². The first-order chi connectivity index (χ1) is 6.43. The van der Waals surface area contributed by atoms with Gasteiger partial charge in [0.05, 0.1) is 5.69 Å². The second kappa shape index (κ2) is 3.02. The van der Waals surface area contributed by atoms with Gasteiger partial charge in [-0.1, -0.05) is 27.7 Å². The molecule has 0 amide bonds. The lowest BCUT2D eigenvalue weighted by Gasteiger charge is -2.21. The molecule has 2 rings (SSSR count). The van der Waals surface area contributed by atoms with Gasteiger partial charge >= 0.3 is 0 Å². The van der Waals surface area contributed by atoms with E-state index in [-0.39, 0.29) is 10.8 Å². The third-order valence-corrected chi connectivity index (χ3v) is 4.60. The molecule has 0 radical (unpaired) electrons. The predicted molar refractivity (Wildman–Crippen MR) is 59.9 cm³/mol. The Hall–Kier alpha value is -0.440. The summed E-state index contributed by atoms with van der Waals surface area (Å²) in [6, 6.07) is 0. The van der Waals surface area contributed by atoms with Crippen LogP contribution >= 0.6 is 11.8 Å². The Balaban J connectivity index is 2.55. The van der Waals surface area contributed by atoms with Crippen molar-refractivity contribution in [1.82, 2.24) is 4.98 Å². The molecule has 0 atom stereocenters. The van der Waals surface area contributed by atoms with Crippen molar-refractivity contribution in [2.24, 2.45) is 0 Å². The lowest BCUT2D eigenvalue weighted by Crippen LogP contribution is -2.23. The zero-order valence-corrected chi connectivity index (χ0v) is 10.1. The van der Waals surface area contributed by atoms with Gasteiger partial charge in [-0.2, -0.15) is 11.8 Å². The number of oxazole rings is 1. The molecule has 1 aromatic rings. The van der Waals surface area contributed by atoms with Crippen LogP contribution in [-0.2, 0) is 10.8 Å². The fourth-order valence-corrected chi connectivity index (χ4v) is 3.29. The minimum atomic E-state index is 0.115. The Bertz CT molecular complexity index is 310. The number of thioether (sulfide) groups is 1. The molecular formula is C11H17NOS. The van der Waals surface area contributed by atoms with Crippen LogP contribution in [0.1, 0.15) is 39.1 Å². The van der Waals surface area contributed by atoms with Crippen LogP contribution < -0.4 is 0 Å². The molecule has 3 heteroatoms. The standard InChI is InChI=1S/C11H17NOS/c1-10(2)5-14-6-11(3,4)9-8(10)12-7-13-9/h7H,5-6H2,1-4H3. The molecule has 1 aliphatic heterocycles. The van der Waals surface area contributed by atoms with E-state index in [0.29, 0.717) is 0 Å². The van der Waals surface area contributed by atoms with Gasteiger partial charge in [0.25, 0.3) is 0 Å². The summed E-state index contributed by atoms with van der Waals surface area (Å²) in [5.74, 6) is 3.31. The molecule has 0 aromatic carbocycles. The van der Waals surface area contributed by atoms with Gasteiger partial charge in [0, 0.05) is 22.3 Å². The first kappa shape index (κ1) is 10.1. The number of fused-ring (bicyclic) bond motifs is 1. The fourth-order valence-electron chi connectivity index (χ4n) is 1.90. The van der Waals surface area contributed by atoms with Gasteiger partial charge in [-0.3, -0.25) is 0 Å². The predicted octanol–water partition coefficient (Wildman–Crippen LogP) is 2.98. The third kappa shape index (κ3) is 1.48. The first-order valence-electron chi connectivity index (χ1n) is 4.96. The molecule has 0 aliphatic carbocycles. The number of nitrogens with zero attached hydrogens (tertiary/aromatic N) is 1. The number of hydrogen-bond acceptors (Lipinski definition) is 3. The Morgan fingerprint density at radius 1 is 1.21 bits per heavy atom. The van der Waals surface area contributed by atoms with Gasteiger partial charge in [-0.05, 0) is 0 Å². The maximum atomic E-state index is 5.56. The summed E-state index contributed by atoms with van der Waals surface area (Å²) in [6.45, 7) is 8.93. The van der Waals surface area contributed by atoms with Crippen LogP contribution in [0.25, 0.3) is 0 Å². The SMILES string of the molecule is CC1(C)CSCC(C)(C)c2ocnc21. The summed E-state index contributed by atoms with van der Waals surface area (Å²) in [4.78, 5) is 4.39. The average Bonchev–Trinajstić information content (AvgIpc) is 2.48. The third-order valence-electron chi connectivity index (χ3n) is 2.75. The summed E-state index contributed by atoms with van der Waals surface area (Å²) in [5, 5.41) is 0. The lowest BCUT2D eigenvalue weighted by atomic mass is 9.83. The van der Waals surface area contributed by atoms with E-state index in [1.54, 1.807) is 6.39 Å². The maximum Gasteiger partial charge on any atom is 0.181 e. The van der Waals surface area contributed by atoms with Crippen LogP contribution in [0.4, 0.5) is 0 Å². The lowest BCUT2D eigenvalue weighted by molar-refractivity contribution is 0.403. The van der Waals surface area contributed by atoms with Crippen molar-refractivity contribution in [2.45, 2.75) is 38.5 Å². The van der Waals surface area contributed by atoms with Gasteiger partial charge in [0.15, 0.2) is 6.39 Å². The average molecular weight is 211 g/mol. The highest BCUT2D eigenvalue weighted by molar-refractivity contribution is 7.99. The Morgan fingerprint density at radius 2 is 1.86 bits per heavy atom. The highest BCUT2D eigenvalue weighted by Gasteiger charge is 2.38. The Labute approximate surface area is 89.5 Å². The van der Waals surface area contributed by atoms with Gasteiger partial charge in [0.2, 0.25) is 0 Å². The quantitative estimate of drug-likeness (QED) is 0.660. The number of hydrogen-bond donors (Lipinski definition) is 0. The van der Waals surface area contributed by atoms with Crippen LogP contribution in [-0.4, -0.2) is 16.5 Å². The highest BCUT2D eigenvalue weighted by atomic mass is 32.2. The molecule has 0 saturated heterocycles. The van der Waals surface area contributed by atoms with Crippen LogP contribution in [0.3, 0.4) is 0 Å². The van der Waals surface area contributed by atoms with Crippen molar-refractivity contribution in [2.75, 3.05) is 11.5 Å². The highest BCUT2D eigenvalue weighted by Crippen LogP contribution is 2.41. The van der Waals surface area contributed by atoms with Crippen LogP contribution in [0, 0.1) is 0 Å². The topological polar surface area (TPSA) is 26.0 Å². The molecule has 0 N–H and O–H groups in total. The maximum absolute atomic E-state index is 5.56. The van der Waals surface area contributed by atoms with Gasteiger partial charge in [0.1, 0.15) is 5.76 Å². The first-order valence-corrected chi connectivity index (χ1v) is 6.11. The van der Waals surface area contributed by atoms with E-state index in [0.717, 1.165) is 23.0 Å². The van der Waals surface area contributed by atoms with Crippen LogP contribution in [0.15, 0.2) is 10.8 Å². The number of rotatable bonds is 0. The van der Waals surface area contributed by atoms with E-state index in [9.17, 15) is 0 Å². The van der Waals surface area contributed by atoms with E-state index < -0.39 is 0 Å². The molecule has 0 spiro atoms. The van der Waals surface area contributed by atoms with Crippen molar-refractivity contribution in [3.05, 3.63) is 17.8 Å². The summed E-state index contributed by atoms with van der Waals surface area (Å²) in [5.41, 5.74) is 1.40. The molecule has 0 unspecified atom stereocenters. The zero-order chi connectivity index (χ0) is 10.4. The monoisotopic (exact) mass is 211 g/mol. The molecule has 14 heavy (non-hydrogen) atoms. The molecule has 1 aliphatic rings. The number of aromatic nitrogens is 1. The second-order valence-corrected chi connectivity index (χ2v) is 6.28. The molecule has 2 heterocycles. The molecule has 2 nitrogen and oxygen atoms in total. The van der Waals surface area contributed by atoms with Crippen molar-refractivity contribution < 1.29 is 4.42 Å². The smallest absolute Gasteiger partial charge is 0.181 e. The van der Waals surface area contributed by atoms with E-state index in [2.05, 4.69) is 32.7 Å². The van der Waals surface area contributed by atoms with E-state index in [1.807, 2.05) is 11.8 Å². The van der Waals surface area contributed by atoms with E-state index in [1.165, 1.54) is 0 Å². The summed E-state index contributed by atoms with van der Waals surface area (Å²) >= 11 is 1.99.